The van der Waals surface area contributed by atoms with Crippen molar-refractivity contribution in [1.82, 2.24) is 0 Å². The largest absolute Gasteiger partial charge is 0.383 e. The molecule has 0 aliphatic carbocycles. The smallest absolute Gasteiger partial charge is 0.0394 e. The Morgan fingerprint density at radius 1 is 0.950 bits per heavy atom. The first-order chi connectivity index (χ1) is 9.58. The maximum absolute atomic E-state index is 3.50. The highest BCUT2D eigenvalue weighted by Crippen LogP contribution is 2.20. The monoisotopic (exact) mass is 268 g/mol. The van der Waals surface area contributed by atoms with Gasteiger partial charge in [-0.3, -0.25) is 0 Å². The van der Waals surface area contributed by atoms with Crippen LogP contribution in [-0.2, 0) is 0 Å². The minimum Gasteiger partial charge on any atom is -0.383 e. The summed E-state index contributed by atoms with van der Waals surface area (Å²) in [7, 11) is 2.15. The molecule has 1 N–H and O–H groups in total. The summed E-state index contributed by atoms with van der Waals surface area (Å²) in [5.74, 6) is 0. The fourth-order valence-corrected chi connectivity index (χ4v) is 2.48. The first kappa shape index (κ1) is 14.4. The molecule has 2 nitrogen and oxygen atoms in total. The van der Waals surface area contributed by atoms with Gasteiger partial charge in [-0.25, -0.2) is 0 Å². The van der Waals surface area contributed by atoms with Crippen LogP contribution < -0.4 is 10.2 Å². The lowest BCUT2D eigenvalue weighted by Gasteiger charge is -2.22. The van der Waals surface area contributed by atoms with Gasteiger partial charge < -0.3 is 10.2 Å². The molecule has 0 fully saturated rings. The van der Waals surface area contributed by atoms with Crippen molar-refractivity contribution in [2.24, 2.45) is 0 Å². The summed E-state index contributed by atoms with van der Waals surface area (Å²) in [5, 5.41) is 3.50. The van der Waals surface area contributed by atoms with Gasteiger partial charge in [-0.2, -0.15) is 0 Å². The third-order valence-corrected chi connectivity index (χ3v) is 3.67. The normalized spacial score (nSPS) is 10.4. The van der Waals surface area contributed by atoms with E-state index < -0.39 is 0 Å². The summed E-state index contributed by atoms with van der Waals surface area (Å²) < 4.78 is 0. The quantitative estimate of drug-likeness (QED) is 0.876. The Morgan fingerprint density at radius 3 is 2.40 bits per heavy atom. The molecule has 2 aromatic carbocycles. The molecule has 0 atom stereocenters. The molecule has 0 heterocycles. The second-order valence-electron chi connectivity index (χ2n) is 5.45. The Labute approximate surface area is 122 Å². The zero-order valence-electron chi connectivity index (χ0n) is 12.9. The van der Waals surface area contributed by atoms with Crippen molar-refractivity contribution >= 4 is 11.4 Å². The molecule has 2 heteroatoms. The Kier molecular flexibility index (Phi) is 4.67. The molecule has 0 amide bonds. The van der Waals surface area contributed by atoms with Crippen LogP contribution in [0.2, 0.25) is 0 Å². The van der Waals surface area contributed by atoms with Crippen LogP contribution in [0.4, 0.5) is 11.4 Å². The fraction of sp³-hybridized carbons (Fsp3) is 0.333. The second kappa shape index (κ2) is 6.47. The lowest BCUT2D eigenvalue weighted by molar-refractivity contribution is 0.908. The first-order valence-electron chi connectivity index (χ1n) is 7.16. The molecule has 0 saturated carbocycles. The maximum Gasteiger partial charge on any atom is 0.0394 e. The minimum absolute atomic E-state index is 0.939. The van der Waals surface area contributed by atoms with Crippen LogP contribution in [0.15, 0.2) is 42.5 Å². The van der Waals surface area contributed by atoms with E-state index in [2.05, 4.69) is 80.5 Å². The highest BCUT2D eigenvalue weighted by Gasteiger charge is 2.04. The van der Waals surface area contributed by atoms with E-state index in [4.69, 9.17) is 0 Å². The van der Waals surface area contributed by atoms with Gasteiger partial charge in [-0.15, -0.1) is 0 Å². The molecular formula is C18H24N2. The van der Waals surface area contributed by atoms with E-state index in [9.17, 15) is 0 Å². The van der Waals surface area contributed by atoms with Crippen molar-refractivity contribution in [3.05, 3.63) is 59.2 Å². The predicted molar refractivity (Wildman–Crippen MR) is 88.9 cm³/mol. The van der Waals surface area contributed by atoms with Gasteiger partial charge in [0.1, 0.15) is 0 Å². The Bertz CT molecular complexity index is 575. The highest BCUT2D eigenvalue weighted by atomic mass is 15.1. The van der Waals surface area contributed by atoms with Crippen LogP contribution in [-0.4, -0.2) is 20.1 Å². The third kappa shape index (κ3) is 3.53. The minimum atomic E-state index is 0.939. The molecule has 0 bridgehead atoms. The van der Waals surface area contributed by atoms with Crippen molar-refractivity contribution in [3.63, 3.8) is 0 Å². The van der Waals surface area contributed by atoms with Gasteiger partial charge in [-0.1, -0.05) is 35.9 Å². The molecule has 2 rings (SSSR count). The number of anilines is 2. The zero-order chi connectivity index (χ0) is 14.5. The van der Waals surface area contributed by atoms with E-state index in [1.807, 2.05) is 0 Å². The number of nitrogens with one attached hydrogen (secondary N) is 1. The van der Waals surface area contributed by atoms with Gasteiger partial charge in [0.15, 0.2) is 0 Å². The lowest BCUT2D eigenvalue weighted by atomic mass is 10.1. The predicted octanol–water partition coefficient (Wildman–Crippen LogP) is 4.16. The number of para-hydroxylation sites is 1. The first-order valence-corrected chi connectivity index (χ1v) is 7.16. The van der Waals surface area contributed by atoms with Gasteiger partial charge in [0, 0.05) is 31.5 Å². The molecule has 0 spiro atoms. The van der Waals surface area contributed by atoms with E-state index in [-0.39, 0.29) is 0 Å². The number of rotatable bonds is 5. The van der Waals surface area contributed by atoms with Gasteiger partial charge >= 0.3 is 0 Å². The average Bonchev–Trinajstić information content (AvgIpc) is 2.40. The van der Waals surface area contributed by atoms with Crippen LogP contribution in [0.25, 0.3) is 0 Å². The van der Waals surface area contributed by atoms with Crippen LogP contribution in [0, 0.1) is 20.8 Å². The molecule has 0 radical (unpaired) electrons. The standard InChI is InChI=1S/C18H24N2/c1-14-9-10-18(16(3)13-14)20(4)12-11-19-17-8-6-5-7-15(17)2/h5-10,13,19H,11-12H2,1-4H3. The number of aryl methyl sites for hydroxylation is 3. The molecule has 20 heavy (non-hydrogen) atoms. The summed E-state index contributed by atoms with van der Waals surface area (Å²) in [6.45, 7) is 8.37. The van der Waals surface area contributed by atoms with E-state index in [1.54, 1.807) is 0 Å². The molecule has 106 valence electrons. The maximum atomic E-state index is 3.50. The SMILES string of the molecule is Cc1ccc(N(C)CCNc2ccccc2C)c(C)c1. The summed E-state index contributed by atoms with van der Waals surface area (Å²) in [6.07, 6.45) is 0. The van der Waals surface area contributed by atoms with E-state index >= 15 is 0 Å². The Hall–Kier alpha value is -1.96. The molecule has 2 aromatic rings. The fourth-order valence-electron chi connectivity index (χ4n) is 2.48. The van der Waals surface area contributed by atoms with Crippen LogP contribution in [0.3, 0.4) is 0 Å². The number of hydrogen-bond donors (Lipinski definition) is 1. The molecule has 0 unspecified atom stereocenters. The van der Waals surface area contributed by atoms with Gasteiger partial charge in [0.25, 0.3) is 0 Å². The highest BCUT2D eigenvalue weighted by molar-refractivity contribution is 5.54. The van der Waals surface area contributed by atoms with E-state index in [0.29, 0.717) is 0 Å². The number of benzene rings is 2. The molecule has 0 aliphatic rings. The van der Waals surface area contributed by atoms with E-state index in [1.165, 1.54) is 28.1 Å². The molecule has 0 saturated heterocycles. The zero-order valence-corrected chi connectivity index (χ0v) is 12.9. The molecule has 0 aliphatic heterocycles. The second-order valence-corrected chi connectivity index (χ2v) is 5.45. The van der Waals surface area contributed by atoms with Crippen molar-refractivity contribution in [1.29, 1.82) is 0 Å². The Balaban J connectivity index is 1.92. The van der Waals surface area contributed by atoms with Crippen molar-refractivity contribution in [2.75, 3.05) is 30.4 Å². The number of nitrogens with zero attached hydrogens (tertiary/aromatic N) is 1. The van der Waals surface area contributed by atoms with Crippen LogP contribution in [0.1, 0.15) is 16.7 Å². The molecule has 0 aromatic heterocycles. The Morgan fingerprint density at radius 2 is 1.70 bits per heavy atom. The molecular weight excluding hydrogens is 244 g/mol. The topological polar surface area (TPSA) is 15.3 Å². The summed E-state index contributed by atoms with van der Waals surface area (Å²) >= 11 is 0. The van der Waals surface area contributed by atoms with Crippen molar-refractivity contribution in [2.45, 2.75) is 20.8 Å². The average molecular weight is 268 g/mol. The van der Waals surface area contributed by atoms with Gasteiger partial charge in [0.05, 0.1) is 0 Å². The van der Waals surface area contributed by atoms with Gasteiger partial charge in [-0.05, 0) is 44.0 Å². The van der Waals surface area contributed by atoms with Crippen molar-refractivity contribution < 1.29 is 0 Å². The summed E-state index contributed by atoms with van der Waals surface area (Å²) in [6, 6.07) is 15.0. The summed E-state index contributed by atoms with van der Waals surface area (Å²) in [4.78, 5) is 2.31. The van der Waals surface area contributed by atoms with E-state index in [0.717, 1.165) is 13.1 Å². The number of likely N-dealkylation sites (N-methyl/N-ethyl adjacent to an activating group) is 1. The van der Waals surface area contributed by atoms with Crippen LogP contribution in [0.5, 0.6) is 0 Å². The number of hydrogen-bond acceptors (Lipinski definition) is 2. The lowest BCUT2D eigenvalue weighted by Crippen LogP contribution is -2.25. The third-order valence-electron chi connectivity index (χ3n) is 3.67. The summed E-state index contributed by atoms with van der Waals surface area (Å²) in [5.41, 5.74) is 6.48. The van der Waals surface area contributed by atoms with Crippen LogP contribution >= 0.6 is 0 Å². The van der Waals surface area contributed by atoms with Gasteiger partial charge in [0.2, 0.25) is 0 Å². The van der Waals surface area contributed by atoms with Crippen molar-refractivity contribution in [3.8, 4) is 0 Å².